The molecule has 1 radical (unpaired) electrons. The first-order chi connectivity index (χ1) is 8.66. The predicted molar refractivity (Wildman–Crippen MR) is 74.0 cm³/mol. The zero-order valence-electron chi connectivity index (χ0n) is 10.1. The molecule has 1 unspecified atom stereocenters. The number of hydrogen-bond acceptors (Lipinski definition) is 4. The molecule has 97 valence electrons. The summed E-state index contributed by atoms with van der Waals surface area (Å²) in [5.41, 5.74) is 1.19. The Labute approximate surface area is 109 Å². The Balaban J connectivity index is 1.97. The summed E-state index contributed by atoms with van der Waals surface area (Å²) in [6.07, 6.45) is 2.15. The third-order valence-corrected chi connectivity index (χ3v) is 4.79. The molecular formula is C13H17N2O2S. The first-order valence-corrected chi connectivity index (χ1v) is 7.90. The Morgan fingerprint density at radius 3 is 2.83 bits per heavy atom. The summed E-state index contributed by atoms with van der Waals surface area (Å²) in [5, 5.41) is 0. The van der Waals surface area contributed by atoms with E-state index in [1.54, 1.807) is 0 Å². The molecule has 1 aromatic rings. The molecule has 2 aliphatic heterocycles. The van der Waals surface area contributed by atoms with Gasteiger partial charge in [0.2, 0.25) is 0 Å². The van der Waals surface area contributed by atoms with Gasteiger partial charge in [-0.25, -0.2) is 0 Å². The number of piperidine rings is 1. The molecule has 0 amide bonds. The lowest BCUT2D eigenvalue weighted by Crippen LogP contribution is -2.45. The van der Waals surface area contributed by atoms with Gasteiger partial charge in [0.25, 0.3) is 0 Å². The second-order valence-electron chi connectivity index (χ2n) is 4.80. The van der Waals surface area contributed by atoms with Crippen LogP contribution in [0, 0.1) is 6.07 Å². The fraction of sp³-hybridized carbons (Fsp3) is 0.462. The van der Waals surface area contributed by atoms with Crippen molar-refractivity contribution in [1.82, 2.24) is 4.90 Å². The van der Waals surface area contributed by atoms with Crippen molar-refractivity contribution < 1.29 is 9.11 Å². The van der Waals surface area contributed by atoms with Gasteiger partial charge in [0, 0.05) is 19.0 Å². The van der Waals surface area contributed by atoms with Crippen molar-refractivity contribution in [3.05, 3.63) is 35.9 Å². The van der Waals surface area contributed by atoms with Crippen LogP contribution in [-0.4, -0.2) is 38.7 Å². The van der Waals surface area contributed by atoms with E-state index in [4.69, 9.17) is 0 Å². The van der Waals surface area contributed by atoms with Gasteiger partial charge in [0.05, 0.1) is 5.75 Å². The van der Waals surface area contributed by atoms with Crippen LogP contribution in [0.2, 0.25) is 0 Å². The van der Waals surface area contributed by atoms with E-state index in [0.29, 0.717) is 12.3 Å². The van der Waals surface area contributed by atoms with Crippen molar-refractivity contribution >= 4 is 16.6 Å². The highest BCUT2D eigenvalue weighted by molar-refractivity contribution is 8.23. The highest BCUT2D eigenvalue weighted by atomic mass is 32.3. The molecule has 0 aliphatic carbocycles. The van der Waals surface area contributed by atoms with Crippen LogP contribution in [0.1, 0.15) is 24.3 Å². The molecule has 0 bridgehead atoms. The van der Waals surface area contributed by atoms with Crippen LogP contribution in [-0.2, 0) is 0 Å². The summed E-state index contributed by atoms with van der Waals surface area (Å²) in [6.45, 7) is 1.68. The Kier molecular flexibility index (Phi) is 3.05. The van der Waals surface area contributed by atoms with E-state index in [-0.39, 0.29) is 5.92 Å². The van der Waals surface area contributed by atoms with Gasteiger partial charge < -0.3 is 4.90 Å². The maximum absolute atomic E-state index is 9.80. The van der Waals surface area contributed by atoms with Crippen molar-refractivity contribution in [3.8, 4) is 0 Å². The van der Waals surface area contributed by atoms with Gasteiger partial charge >= 0.3 is 0 Å². The summed E-state index contributed by atoms with van der Waals surface area (Å²) in [4.78, 5) is 2.20. The highest BCUT2D eigenvalue weighted by Gasteiger charge is 2.33. The molecular weight excluding hydrogens is 248 g/mol. The smallest absolute Gasteiger partial charge is 0.132 e. The van der Waals surface area contributed by atoms with Crippen LogP contribution in [0.4, 0.5) is 0 Å². The van der Waals surface area contributed by atoms with Gasteiger partial charge in [-0.05, 0) is 24.5 Å². The number of rotatable bonds is 1. The Morgan fingerprint density at radius 2 is 2.06 bits per heavy atom. The van der Waals surface area contributed by atoms with Crippen molar-refractivity contribution in [1.29, 1.82) is 0 Å². The van der Waals surface area contributed by atoms with Crippen LogP contribution < -0.4 is 0 Å². The zero-order chi connectivity index (χ0) is 12.6. The van der Waals surface area contributed by atoms with E-state index in [0.717, 1.165) is 25.2 Å². The number of benzene rings is 1. The van der Waals surface area contributed by atoms with E-state index in [2.05, 4.69) is 15.4 Å². The molecule has 5 heteroatoms. The minimum atomic E-state index is -2.76. The second-order valence-corrected chi connectivity index (χ2v) is 6.66. The molecule has 1 fully saturated rings. The van der Waals surface area contributed by atoms with Crippen molar-refractivity contribution in [2.45, 2.75) is 18.8 Å². The SMILES string of the molecule is OS1(O)CCN2CCCC(c3cc[c]cc3)C2=N1. The van der Waals surface area contributed by atoms with Crippen LogP contribution >= 0.6 is 10.8 Å². The number of amidine groups is 1. The molecule has 0 saturated carbocycles. The molecule has 2 N–H and O–H groups in total. The van der Waals surface area contributed by atoms with E-state index in [9.17, 15) is 9.11 Å². The summed E-state index contributed by atoms with van der Waals surface area (Å²) < 4.78 is 23.8. The highest BCUT2D eigenvalue weighted by Crippen LogP contribution is 2.46. The number of nitrogens with zero attached hydrogens (tertiary/aromatic N) is 2. The predicted octanol–water partition coefficient (Wildman–Crippen LogP) is 2.74. The van der Waals surface area contributed by atoms with E-state index < -0.39 is 10.8 Å². The fourth-order valence-corrected chi connectivity index (χ4v) is 3.77. The van der Waals surface area contributed by atoms with Crippen molar-refractivity contribution in [3.63, 3.8) is 0 Å². The van der Waals surface area contributed by atoms with Gasteiger partial charge in [0.15, 0.2) is 0 Å². The lowest BCUT2D eigenvalue weighted by Gasteiger charge is -2.43. The zero-order valence-corrected chi connectivity index (χ0v) is 10.9. The lowest BCUT2D eigenvalue weighted by molar-refractivity contribution is 0.356. The average molecular weight is 265 g/mol. The molecule has 4 nitrogen and oxygen atoms in total. The lowest BCUT2D eigenvalue weighted by atomic mass is 9.89. The van der Waals surface area contributed by atoms with E-state index >= 15 is 0 Å². The first-order valence-electron chi connectivity index (χ1n) is 6.22. The Hall–Kier alpha value is -1.04. The first kappa shape index (κ1) is 12.0. The molecule has 0 aromatic heterocycles. The van der Waals surface area contributed by atoms with Gasteiger partial charge in [0.1, 0.15) is 5.84 Å². The van der Waals surface area contributed by atoms with Crippen LogP contribution in [0.3, 0.4) is 0 Å². The molecule has 3 rings (SSSR count). The largest absolute Gasteiger partial charge is 0.357 e. The van der Waals surface area contributed by atoms with Gasteiger partial charge in [-0.2, -0.15) is 0 Å². The maximum Gasteiger partial charge on any atom is 0.132 e. The molecule has 2 heterocycles. The van der Waals surface area contributed by atoms with Crippen molar-refractivity contribution in [2.75, 3.05) is 18.8 Å². The molecule has 1 aromatic carbocycles. The minimum absolute atomic E-state index is 0.194. The minimum Gasteiger partial charge on any atom is -0.357 e. The standard InChI is InChI=1S/C13H17N2O2S/c16-18(17)10-9-15-8-4-7-12(13(15)14-18)11-5-2-1-3-6-11/h2-3,5-6,12,16-17H,4,7-10H2. The van der Waals surface area contributed by atoms with Gasteiger partial charge in [-0.15, -0.1) is 4.40 Å². The monoisotopic (exact) mass is 265 g/mol. The molecule has 2 aliphatic rings. The summed E-state index contributed by atoms with van der Waals surface area (Å²) in [7, 11) is -2.76. The van der Waals surface area contributed by atoms with Gasteiger partial charge in [-0.1, -0.05) is 35.0 Å². The molecule has 18 heavy (non-hydrogen) atoms. The average Bonchev–Trinajstić information content (AvgIpc) is 2.38. The van der Waals surface area contributed by atoms with Gasteiger partial charge in [-0.3, -0.25) is 9.11 Å². The fourth-order valence-electron chi connectivity index (χ4n) is 2.67. The van der Waals surface area contributed by atoms with Crippen LogP contribution in [0.5, 0.6) is 0 Å². The third-order valence-electron chi connectivity index (χ3n) is 3.58. The summed E-state index contributed by atoms with van der Waals surface area (Å²) in [5.74, 6) is 1.42. The number of fused-ring (bicyclic) bond motifs is 1. The Bertz CT molecular complexity index is 461. The van der Waals surface area contributed by atoms with E-state index in [1.165, 1.54) is 5.56 Å². The topological polar surface area (TPSA) is 56.1 Å². The quantitative estimate of drug-likeness (QED) is 0.821. The summed E-state index contributed by atoms with van der Waals surface area (Å²) in [6, 6.07) is 10.9. The van der Waals surface area contributed by atoms with Crippen molar-refractivity contribution in [2.24, 2.45) is 4.40 Å². The summed E-state index contributed by atoms with van der Waals surface area (Å²) >= 11 is 0. The second kappa shape index (κ2) is 4.57. The van der Waals surface area contributed by atoms with E-state index in [1.807, 2.05) is 24.3 Å². The Morgan fingerprint density at radius 1 is 1.28 bits per heavy atom. The van der Waals surface area contributed by atoms with Crippen LogP contribution in [0.15, 0.2) is 28.7 Å². The van der Waals surface area contributed by atoms with Crippen LogP contribution in [0.25, 0.3) is 0 Å². The normalized spacial score (nSPS) is 28.2. The molecule has 1 saturated heterocycles. The third kappa shape index (κ3) is 2.25. The molecule has 0 spiro atoms. The maximum atomic E-state index is 9.80. The number of hydrogen-bond donors (Lipinski definition) is 2. The molecule has 1 atom stereocenters.